The minimum atomic E-state index is 0.348. The van der Waals surface area contributed by atoms with Crippen LogP contribution in [-0.2, 0) is 17.7 Å². The van der Waals surface area contributed by atoms with Gasteiger partial charge in [-0.2, -0.15) is 0 Å². The Morgan fingerprint density at radius 2 is 2.00 bits per heavy atom. The van der Waals surface area contributed by atoms with Crippen molar-refractivity contribution < 1.29 is 9.47 Å². The molecule has 2 aliphatic rings. The molecule has 1 saturated heterocycles. The van der Waals surface area contributed by atoms with Gasteiger partial charge in [0, 0.05) is 29.0 Å². The molecular weight excluding hydrogens is 318 g/mol. The second kappa shape index (κ2) is 6.04. The van der Waals surface area contributed by atoms with Crippen LogP contribution < -0.4 is 10.1 Å². The lowest BCUT2D eigenvalue weighted by Crippen LogP contribution is -2.41. The van der Waals surface area contributed by atoms with Gasteiger partial charge in [-0.1, -0.05) is 15.9 Å². The largest absolute Gasteiger partial charge is 0.493 e. The van der Waals surface area contributed by atoms with Crippen LogP contribution in [-0.4, -0.2) is 24.9 Å². The van der Waals surface area contributed by atoms with Gasteiger partial charge in [0.05, 0.1) is 18.8 Å². The zero-order valence-corrected chi connectivity index (χ0v) is 13.7. The predicted octanol–water partition coefficient (Wildman–Crippen LogP) is 3.43. The molecule has 3 rings (SSSR count). The Morgan fingerprint density at radius 1 is 1.25 bits per heavy atom. The Morgan fingerprint density at radius 3 is 2.75 bits per heavy atom. The molecule has 0 spiro atoms. The summed E-state index contributed by atoms with van der Waals surface area (Å²) in [6.45, 7) is 5.99. The SMILES string of the molecule is CC1CC(NCc2cc(Br)cc3c2OCC3)CC(C)O1. The van der Waals surface area contributed by atoms with Gasteiger partial charge in [-0.3, -0.25) is 0 Å². The van der Waals surface area contributed by atoms with Crippen molar-refractivity contribution in [3.63, 3.8) is 0 Å². The van der Waals surface area contributed by atoms with Crippen molar-refractivity contribution in [2.75, 3.05) is 6.61 Å². The van der Waals surface area contributed by atoms with E-state index in [2.05, 4.69) is 47.2 Å². The molecule has 0 aliphatic carbocycles. The van der Waals surface area contributed by atoms with Crippen LogP contribution >= 0.6 is 15.9 Å². The van der Waals surface area contributed by atoms with Crippen molar-refractivity contribution in [2.24, 2.45) is 0 Å². The highest BCUT2D eigenvalue weighted by Crippen LogP contribution is 2.33. The molecule has 0 bridgehead atoms. The molecule has 2 atom stereocenters. The van der Waals surface area contributed by atoms with Gasteiger partial charge in [-0.15, -0.1) is 0 Å². The van der Waals surface area contributed by atoms with Crippen LogP contribution in [0.2, 0.25) is 0 Å². The number of benzene rings is 1. The lowest BCUT2D eigenvalue weighted by atomic mass is 9.99. The number of halogens is 1. The summed E-state index contributed by atoms with van der Waals surface area (Å²) in [5, 5.41) is 3.67. The molecule has 3 nitrogen and oxygen atoms in total. The third-order valence-corrected chi connectivity index (χ3v) is 4.56. The molecule has 1 N–H and O–H groups in total. The Labute approximate surface area is 129 Å². The minimum Gasteiger partial charge on any atom is -0.493 e. The van der Waals surface area contributed by atoms with E-state index in [9.17, 15) is 0 Å². The molecule has 4 heteroatoms. The average molecular weight is 340 g/mol. The first-order chi connectivity index (χ1) is 9.61. The molecule has 0 amide bonds. The van der Waals surface area contributed by atoms with Crippen LogP contribution in [0.5, 0.6) is 5.75 Å². The van der Waals surface area contributed by atoms with Crippen LogP contribution in [0.15, 0.2) is 16.6 Å². The molecule has 1 aromatic carbocycles. The number of nitrogens with one attached hydrogen (secondary N) is 1. The second-order valence-corrected chi connectivity index (χ2v) is 6.87. The summed E-state index contributed by atoms with van der Waals surface area (Å²) in [4.78, 5) is 0. The minimum absolute atomic E-state index is 0.348. The van der Waals surface area contributed by atoms with Crippen LogP contribution in [0.1, 0.15) is 37.8 Å². The third-order valence-electron chi connectivity index (χ3n) is 4.10. The predicted molar refractivity (Wildman–Crippen MR) is 83.2 cm³/mol. The number of fused-ring (bicyclic) bond motifs is 1. The highest BCUT2D eigenvalue weighted by Gasteiger charge is 2.25. The van der Waals surface area contributed by atoms with Crippen molar-refractivity contribution in [3.05, 3.63) is 27.7 Å². The fourth-order valence-electron chi connectivity index (χ4n) is 3.30. The Balaban J connectivity index is 1.67. The van der Waals surface area contributed by atoms with Crippen molar-refractivity contribution in [3.8, 4) is 5.75 Å². The maximum Gasteiger partial charge on any atom is 0.127 e. The summed E-state index contributed by atoms with van der Waals surface area (Å²) < 4.78 is 12.7. The number of hydrogen-bond donors (Lipinski definition) is 1. The summed E-state index contributed by atoms with van der Waals surface area (Å²) in [5.74, 6) is 1.09. The topological polar surface area (TPSA) is 30.5 Å². The van der Waals surface area contributed by atoms with Gasteiger partial charge < -0.3 is 14.8 Å². The van der Waals surface area contributed by atoms with E-state index in [1.807, 2.05) is 0 Å². The highest BCUT2D eigenvalue weighted by atomic mass is 79.9. The van der Waals surface area contributed by atoms with Gasteiger partial charge in [0.1, 0.15) is 5.75 Å². The molecular formula is C16H22BrNO2. The van der Waals surface area contributed by atoms with Gasteiger partial charge in [-0.25, -0.2) is 0 Å². The standard InChI is InChI=1S/C16H22BrNO2/c1-10-5-15(6-11(2)20-10)18-9-13-8-14(17)7-12-3-4-19-16(12)13/h7-8,10-11,15,18H,3-6,9H2,1-2H3. The van der Waals surface area contributed by atoms with Crippen molar-refractivity contribution in [1.29, 1.82) is 0 Å². The van der Waals surface area contributed by atoms with Gasteiger partial charge >= 0.3 is 0 Å². The fraction of sp³-hybridized carbons (Fsp3) is 0.625. The molecule has 0 aromatic heterocycles. The van der Waals surface area contributed by atoms with Crippen molar-refractivity contribution in [2.45, 2.75) is 57.9 Å². The Bertz CT molecular complexity index is 482. The van der Waals surface area contributed by atoms with Crippen LogP contribution in [0.25, 0.3) is 0 Å². The quantitative estimate of drug-likeness (QED) is 0.915. The number of hydrogen-bond acceptors (Lipinski definition) is 3. The summed E-state index contributed by atoms with van der Waals surface area (Å²) in [7, 11) is 0. The van der Waals surface area contributed by atoms with E-state index >= 15 is 0 Å². The number of rotatable bonds is 3. The zero-order chi connectivity index (χ0) is 14.1. The molecule has 2 aliphatic heterocycles. The lowest BCUT2D eigenvalue weighted by Gasteiger charge is -2.32. The zero-order valence-electron chi connectivity index (χ0n) is 12.1. The van der Waals surface area contributed by atoms with E-state index in [4.69, 9.17) is 9.47 Å². The van der Waals surface area contributed by atoms with E-state index in [0.717, 1.165) is 42.6 Å². The third kappa shape index (κ3) is 3.18. The second-order valence-electron chi connectivity index (χ2n) is 5.96. The van der Waals surface area contributed by atoms with Gasteiger partial charge in [0.25, 0.3) is 0 Å². The maximum atomic E-state index is 5.79. The maximum absolute atomic E-state index is 5.79. The van der Waals surface area contributed by atoms with E-state index in [-0.39, 0.29) is 0 Å². The van der Waals surface area contributed by atoms with Crippen molar-refractivity contribution in [1.82, 2.24) is 5.32 Å². The summed E-state index contributed by atoms with van der Waals surface area (Å²) in [5.41, 5.74) is 2.59. The number of ether oxygens (including phenoxy) is 2. The first-order valence-electron chi connectivity index (χ1n) is 7.44. The normalized spacial score (nSPS) is 29.1. The van der Waals surface area contributed by atoms with Crippen molar-refractivity contribution >= 4 is 15.9 Å². The highest BCUT2D eigenvalue weighted by molar-refractivity contribution is 9.10. The van der Waals surface area contributed by atoms with Crippen LogP contribution in [0.3, 0.4) is 0 Å². The summed E-state index contributed by atoms with van der Waals surface area (Å²) in [6.07, 6.45) is 3.89. The Kier molecular flexibility index (Phi) is 4.34. The first kappa shape index (κ1) is 14.4. The average Bonchev–Trinajstić information content (AvgIpc) is 2.82. The fourth-order valence-corrected chi connectivity index (χ4v) is 3.86. The molecule has 110 valence electrons. The summed E-state index contributed by atoms with van der Waals surface area (Å²) >= 11 is 3.60. The van der Waals surface area contributed by atoms with E-state index in [0.29, 0.717) is 18.2 Å². The summed E-state index contributed by atoms with van der Waals surface area (Å²) in [6, 6.07) is 4.87. The Hall–Kier alpha value is -0.580. The van der Waals surface area contributed by atoms with E-state index in [1.165, 1.54) is 11.1 Å². The lowest BCUT2D eigenvalue weighted by molar-refractivity contribution is -0.0423. The molecule has 1 aromatic rings. The monoisotopic (exact) mass is 339 g/mol. The van der Waals surface area contributed by atoms with Gasteiger partial charge in [-0.05, 0) is 44.4 Å². The van der Waals surface area contributed by atoms with Crippen LogP contribution in [0.4, 0.5) is 0 Å². The molecule has 2 unspecified atom stereocenters. The molecule has 0 saturated carbocycles. The molecule has 1 fully saturated rings. The molecule has 20 heavy (non-hydrogen) atoms. The van der Waals surface area contributed by atoms with E-state index in [1.54, 1.807) is 0 Å². The molecule has 2 heterocycles. The van der Waals surface area contributed by atoms with Crippen LogP contribution in [0, 0.1) is 0 Å². The molecule has 0 radical (unpaired) electrons. The van der Waals surface area contributed by atoms with Gasteiger partial charge in [0.2, 0.25) is 0 Å². The first-order valence-corrected chi connectivity index (χ1v) is 8.24. The van der Waals surface area contributed by atoms with E-state index < -0.39 is 0 Å². The smallest absolute Gasteiger partial charge is 0.127 e. The van der Waals surface area contributed by atoms with Gasteiger partial charge in [0.15, 0.2) is 0 Å².